The van der Waals surface area contributed by atoms with Crippen molar-refractivity contribution in [1.82, 2.24) is 0 Å². The number of anilines is 1. The van der Waals surface area contributed by atoms with Crippen LogP contribution in [0.2, 0.25) is 5.02 Å². The van der Waals surface area contributed by atoms with Crippen LogP contribution in [-0.4, -0.2) is 19.1 Å². The maximum absolute atomic E-state index is 6.46. The van der Waals surface area contributed by atoms with Gasteiger partial charge in [-0.15, -0.1) is 0 Å². The average Bonchev–Trinajstić information content (AvgIpc) is 2.67. The number of hydrogen-bond donors (Lipinski definition) is 1. The first kappa shape index (κ1) is 14.7. The van der Waals surface area contributed by atoms with Crippen LogP contribution in [0.25, 0.3) is 0 Å². The zero-order valence-electron chi connectivity index (χ0n) is 11.9. The second-order valence-electron chi connectivity index (χ2n) is 5.56. The van der Waals surface area contributed by atoms with Gasteiger partial charge >= 0.3 is 0 Å². The lowest BCUT2D eigenvalue weighted by molar-refractivity contribution is 0.646. The molecule has 1 aliphatic rings. The molecule has 0 saturated carbocycles. The first-order valence-corrected chi connectivity index (χ1v) is 7.87. The molecule has 2 N–H and O–H groups in total. The number of hydrogen-bond acceptors (Lipinski definition) is 2. The molecule has 1 aromatic rings. The van der Waals surface area contributed by atoms with Crippen molar-refractivity contribution in [2.75, 3.05) is 18.0 Å². The molecule has 0 amide bonds. The van der Waals surface area contributed by atoms with Gasteiger partial charge in [0.2, 0.25) is 0 Å². The molecule has 0 spiro atoms. The van der Waals surface area contributed by atoms with Crippen LogP contribution in [0.4, 0.5) is 5.69 Å². The summed E-state index contributed by atoms with van der Waals surface area (Å²) in [6.07, 6.45) is 7.16. The summed E-state index contributed by atoms with van der Waals surface area (Å²) in [4.78, 5) is 2.43. The van der Waals surface area contributed by atoms with E-state index >= 15 is 0 Å². The third kappa shape index (κ3) is 4.12. The zero-order chi connectivity index (χ0) is 13.7. The fourth-order valence-corrected chi connectivity index (χ4v) is 3.02. The van der Waals surface area contributed by atoms with Crippen molar-refractivity contribution in [3.8, 4) is 0 Å². The van der Waals surface area contributed by atoms with Gasteiger partial charge in [-0.2, -0.15) is 0 Å². The highest BCUT2D eigenvalue weighted by molar-refractivity contribution is 6.33. The highest BCUT2D eigenvalue weighted by Crippen LogP contribution is 2.29. The van der Waals surface area contributed by atoms with Gasteiger partial charge < -0.3 is 10.6 Å². The Morgan fingerprint density at radius 2 is 1.89 bits per heavy atom. The topological polar surface area (TPSA) is 29.3 Å². The Labute approximate surface area is 121 Å². The molecule has 1 aliphatic heterocycles. The zero-order valence-corrected chi connectivity index (χ0v) is 12.6. The summed E-state index contributed by atoms with van der Waals surface area (Å²) in [5.41, 5.74) is 8.44. The lowest BCUT2D eigenvalue weighted by Crippen LogP contribution is -2.24. The van der Waals surface area contributed by atoms with E-state index in [4.69, 9.17) is 17.3 Å². The van der Waals surface area contributed by atoms with E-state index in [1.54, 1.807) is 0 Å². The van der Waals surface area contributed by atoms with E-state index in [9.17, 15) is 0 Å². The highest BCUT2D eigenvalue weighted by atomic mass is 35.5. The fraction of sp³-hybridized carbons (Fsp3) is 0.625. The SMILES string of the molecule is CCC(N)Cc1ccc(N2CCCCCC2)c(Cl)c1. The molecule has 2 nitrogen and oxygen atoms in total. The van der Waals surface area contributed by atoms with Crippen LogP contribution in [-0.2, 0) is 6.42 Å². The summed E-state index contributed by atoms with van der Waals surface area (Å²) >= 11 is 6.46. The molecule has 1 fully saturated rings. The van der Waals surface area contributed by atoms with E-state index in [-0.39, 0.29) is 6.04 Å². The summed E-state index contributed by atoms with van der Waals surface area (Å²) in [5.74, 6) is 0. The summed E-state index contributed by atoms with van der Waals surface area (Å²) < 4.78 is 0. The minimum absolute atomic E-state index is 0.236. The quantitative estimate of drug-likeness (QED) is 0.903. The van der Waals surface area contributed by atoms with Crippen LogP contribution in [0.3, 0.4) is 0 Å². The van der Waals surface area contributed by atoms with Crippen LogP contribution in [0.5, 0.6) is 0 Å². The molecule has 3 heteroatoms. The molecule has 0 bridgehead atoms. The van der Waals surface area contributed by atoms with Gasteiger partial charge in [0.15, 0.2) is 0 Å². The summed E-state index contributed by atoms with van der Waals surface area (Å²) in [5, 5.41) is 0.878. The molecule has 1 saturated heterocycles. The van der Waals surface area contributed by atoms with Crippen molar-refractivity contribution < 1.29 is 0 Å². The van der Waals surface area contributed by atoms with Crippen molar-refractivity contribution >= 4 is 17.3 Å². The van der Waals surface area contributed by atoms with Gasteiger partial charge in [0.05, 0.1) is 10.7 Å². The van der Waals surface area contributed by atoms with Gasteiger partial charge in [0.1, 0.15) is 0 Å². The lowest BCUT2D eigenvalue weighted by atomic mass is 10.0. The van der Waals surface area contributed by atoms with E-state index < -0.39 is 0 Å². The monoisotopic (exact) mass is 280 g/mol. The van der Waals surface area contributed by atoms with Crippen molar-refractivity contribution in [2.24, 2.45) is 5.73 Å². The lowest BCUT2D eigenvalue weighted by Gasteiger charge is -2.24. The van der Waals surface area contributed by atoms with Gasteiger partial charge in [-0.1, -0.05) is 37.4 Å². The third-order valence-electron chi connectivity index (χ3n) is 3.98. The second-order valence-corrected chi connectivity index (χ2v) is 5.97. The van der Waals surface area contributed by atoms with Gasteiger partial charge in [-0.25, -0.2) is 0 Å². The maximum atomic E-state index is 6.46. The van der Waals surface area contributed by atoms with Crippen LogP contribution in [0.1, 0.15) is 44.6 Å². The Bertz CT molecular complexity index is 398. The molecule has 1 aromatic carbocycles. The summed E-state index contributed by atoms with van der Waals surface area (Å²) in [6.45, 7) is 4.39. The first-order chi connectivity index (χ1) is 9.20. The van der Waals surface area contributed by atoms with Crippen LogP contribution < -0.4 is 10.6 Å². The number of halogens is 1. The Kier molecular flexibility index (Phi) is 5.53. The van der Waals surface area contributed by atoms with Crippen LogP contribution in [0.15, 0.2) is 18.2 Å². The van der Waals surface area contributed by atoms with E-state index in [0.29, 0.717) is 0 Å². The predicted molar refractivity (Wildman–Crippen MR) is 84.1 cm³/mol. The number of nitrogens with two attached hydrogens (primary N) is 1. The average molecular weight is 281 g/mol. The van der Waals surface area contributed by atoms with Gasteiger partial charge in [-0.05, 0) is 43.4 Å². The van der Waals surface area contributed by atoms with Crippen molar-refractivity contribution in [3.63, 3.8) is 0 Å². The number of nitrogens with zero attached hydrogens (tertiary/aromatic N) is 1. The van der Waals surface area contributed by atoms with Crippen molar-refractivity contribution in [1.29, 1.82) is 0 Å². The largest absolute Gasteiger partial charge is 0.370 e. The van der Waals surface area contributed by atoms with Crippen molar-refractivity contribution in [3.05, 3.63) is 28.8 Å². The fourth-order valence-electron chi connectivity index (χ4n) is 2.69. The molecule has 19 heavy (non-hydrogen) atoms. The Morgan fingerprint density at radius 3 is 2.47 bits per heavy atom. The molecule has 1 heterocycles. The van der Waals surface area contributed by atoms with Gasteiger partial charge in [0, 0.05) is 19.1 Å². The van der Waals surface area contributed by atoms with E-state index in [0.717, 1.165) is 31.0 Å². The summed E-state index contributed by atoms with van der Waals surface area (Å²) in [7, 11) is 0. The maximum Gasteiger partial charge on any atom is 0.0642 e. The van der Waals surface area contributed by atoms with Crippen LogP contribution in [0, 0.1) is 0 Å². The minimum Gasteiger partial charge on any atom is -0.370 e. The van der Waals surface area contributed by atoms with E-state index in [1.807, 2.05) is 0 Å². The van der Waals surface area contributed by atoms with Crippen molar-refractivity contribution in [2.45, 2.75) is 51.5 Å². The molecular weight excluding hydrogens is 256 g/mol. The van der Waals surface area contributed by atoms with Crippen LogP contribution >= 0.6 is 11.6 Å². The standard InChI is InChI=1S/C16H25ClN2/c1-2-14(18)11-13-7-8-16(15(17)12-13)19-9-5-3-4-6-10-19/h7-8,12,14H,2-6,9-11,18H2,1H3. The minimum atomic E-state index is 0.236. The molecule has 106 valence electrons. The Balaban J connectivity index is 2.09. The van der Waals surface area contributed by atoms with Gasteiger partial charge in [-0.3, -0.25) is 0 Å². The third-order valence-corrected chi connectivity index (χ3v) is 4.28. The predicted octanol–water partition coefficient (Wildman–Crippen LogP) is 4.00. The summed E-state index contributed by atoms with van der Waals surface area (Å²) in [6, 6.07) is 6.68. The molecule has 0 aliphatic carbocycles. The Morgan fingerprint density at radius 1 is 1.21 bits per heavy atom. The smallest absolute Gasteiger partial charge is 0.0642 e. The molecule has 1 atom stereocenters. The molecular formula is C16H25ClN2. The first-order valence-electron chi connectivity index (χ1n) is 7.49. The van der Waals surface area contributed by atoms with E-state index in [2.05, 4.69) is 30.0 Å². The Hall–Kier alpha value is -0.730. The highest BCUT2D eigenvalue weighted by Gasteiger charge is 2.13. The molecule has 0 radical (unpaired) electrons. The number of rotatable bonds is 4. The molecule has 0 aromatic heterocycles. The normalized spacial score (nSPS) is 18.2. The number of benzene rings is 1. The second kappa shape index (κ2) is 7.16. The van der Waals surface area contributed by atoms with Gasteiger partial charge in [0.25, 0.3) is 0 Å². The molecule has 2 rings (SSSR count). The molecule has 1 unspecified atom stereocenters. The van der Waals surface area contributed by atoms with E-state index in [1.165, 1.54) is 36.9 Å².